The van der Waals surface area contributed by atoms with Gasteiger partial charge >= 0.3 is 0 Å². The lowest BCUT2D eigenvalue weighted by atomic mass is 10.0. The van der Waals surface area contributed by atoms with Gasteiger partial charge in [-0.25, -0.2) is 8.78 Å². The van der Waals surface area contributed by atoms with E-state index in [1.165, 1.54) is 0 Å². The fraction of sp³-hybridized carbons (Fsp3) is 0.938. The summed E-state index contributed by atoms with van der Waals surface area (Å²) in [4.78, 5) is 13.1. The maximum atomic E-state index is 13.9. The lowest BCUT2D eigenvalue weighted by molar-refractivity contribution is -0.122. The van der Waals surface area contributed by atoms with E-state index >= 15 is 0 Å². The fourth-order valence-electron chi connectivity index (χ4n) is 2.62. The van der Waals surface area contributed by atoms with Crippen LogP contribution in [0.4, 0.5) is 8.78 Å². The third kappa shape index (κ3) is 8.03. The summed E-state index contributed by atoms with van der Waals surface area (Å²) in [6.45, 7) is 7.05. The standard InChI is InChI=1S/C16H30F2N2O2/c1-4-15(21)19-14-6-9-20(10-7-14)12-16(17,18)8-5-11-22-13(2)3/h13-14H,4-12H2,1-3H3,(H,19,21). The van der Waals surface area contributed by atoms with Crippen LogP contribution in [0, 0.1) is 0 Å². The average Bonchev–Trinajstić information content (AvgIpc) is 2.45. The molecule has 0 unspecified atom stereocenters. The van der Waals surface area contributed by atoms with Crippen molar-refractivity contribution in [2.24, 2.45) is 0 Å². The minimum absolute atomic E-state index is 0.0360. The Labute approximate surface area is 132 Å². The summed E-state index contributed by atoms with van der Waals surface area (Å²) in [6, 6.07) is 0.136. The first-order valence-electron chi connectivity index (χ1n) is 8.33. The topological polar surface area (TPSA) is 41.6 Å². The van der Waals surface area contributed by atoms with Crippen molar-refractivity contribution in [2.75, 3.05) is 26.2 Å². The minimum atomic E-state index is -2.67. The van der Waals surface area contributed by atoms with Gasteiger partial charge in [-0.15, -0.1) is 0 Å². The van der Waals surface area contributed by atoms with E-state index in [9.17, 15) is 13.6 Å². The van der Waals surface area contributed by atoms with Crippen molar-refractivity contribution in [1.29, 1.82) is 0 Å². The largest absolute Gasteiger partial charge is 0.379 e. The molecule has 0 aromatic carbocycles. The number of ether oxygens (including phenoxy) is 1. The zero-order valence-corrected chi connectivity index (χ0v) is 14.0. The zero-order chi connectivity index (χ0) is 16.6. The molecule has 0 aromatic heterocycles. The Bertz CT molecular complexity index is 330. The molecule has 1 heterocycles. The third-order valence-electron chi connectivity index (χ3n) is 3.87. The maximum Gasteiger partial charge on any atom is 0.260 e. The molecule has 0 atom stereocenters. The molecule has 22 heavy (non-hydrogen) atoms. The van der Waals surface area contributed by atoms with Crippen LogP contribution in [0.15, 0.2) is 0 Å². The van der Waals surface area contributed by atoms with Gasteiger partial charge < -0.3 is 10.1 Å². The number of hydrogen-bond donors (Lipinski definition) is 1. The molecule has 1 aliphatic rings. The summed E-state index contributed by atoms with van der Waals surface area (Å²) in [5.41, 5.74) is 0. The molecule has 1 rings (SSSR count). The Morgan fingerprint density at radius 2 is 2.00 bits per heavy atom. The maximum absolute atomic E-state index is 13.9. The van der Waals surface area contributed by atoms with Gasteiger partial charge in [-0.1, -0.05) is 6.92 Å². The summed E-state index contributed by atoms with van der Waals surface area (Å²) in [6.07, 6.45) is 2.30. The van der Waals surface area contributed by atoms with Crippen LogP contribution in [0.5, 0.6) is 0 Å². The highest BCUT2D eigenvalue weighted by Gasteiger charge is 2.32. The first-order valence-corrected chi connectivity index (χ1v) is 8.33. The number of alkyl halides is 2. The van der Waals surface area contributed by atoms with Crippen molar-refractivity contribution in [3.8, 4) is 0 Å². The van der Waals surface area contributed by atoms with Crippen LogP contribution in [0.1, 0.15) is 52.9 Å². The van der Waals surface area contributed by atoms with Gasteiger partial charge in [0, 0.05) is 38.6 Å². The molecule has 1 fully saturated rings. The summed E-state index contributed by atoms with van der Waals surface area (Å²) < 4.78 is 33.2. The molecular weight excluding hydrogens is 290 g/mol. The van der Waals surface area contributed by atoms with E-state index in [2.05, 4.69) is 5.32 Å². The van der Waals surface area contributed by atoms with E-state index in [0.717, 1.165) is 12.8 Å². The highest BCUT2D eigenvalue weighted by molar-refractivity contribution is 5.75. The number of carbonyl (C=O) groups is 1. The molecule has 4 nitrogen and oxygen atoms in total. The van der Waals surface area contributed by atoms with E-state index in [-0.39, 0.29) is 31.0 Å². The lowest BCUT2D eigenvalue weighted by Gasteiger charge is -2.34. The molecule has 1 N–H and O–H groups in total. The highest BCUT2D eigenvalue weighted by atomic mass is 19.3. The van der Waals surface area contributed by atoms with Gasteiger partial charge in [0.1, 0.15) is 0 Å². The SMILES string of the molecule is CCC(=O)NC1CCN(CC(F)(F)CCCOC(C)C)CC1. The predicted molar refractivity (Wildman–Crippen MR) is 83.2 cm³/mol. The Morgan fingerprint density at radius 1 is 1.36 bits per heavy atom. The smallest absolute Gasteiger partial charge is 0.260 e. The zero-order valence-electron chi connectivity index (χ0n) is 14.0. The van der Waals surface area contributed by atoms with Crippen molar-refractivity contribution >= 4 is 5.91 Å². The molecule has 0 aliphatic carbocycles. The Hall–Kier alpha value is -0.750. The number of rotatable bonds is 9. The van der Waals surface area contributed by atoms with Crippen LogP contribution in [0.2, 0.25) is 0 Å². The summed E-state index contributed by atoms with van der Waals surface area (Å²) in [5.74, 6) is -2.63. The van der Waals surface area contributed by atoms with Crippen molar-refractivity contribution in [2.45, 2.75) is 70.9 Å². The second-order valence-electron chi connectivity index (χ2n) is 6.35. The first-order chi connectivity index (χ1) is 10.3. The molecule has 1 amide bonds. The number of nitrogens with one attached hydrogen (secondary N) is 1. The predicted octanol–water partition coefficient (Wildman–Crippen LogP) is 2.82. The van der Waals surface area contributed by atoms with Gasteiger partial charge in [0.15, 0.2) is 0 Å². The summed E-state index contributed by atoms with van der Waals surface area (Å²) in [7, 11) is 0. The Morgan fingerprint density at radius 3 is 2.55 bits per heavy atom. The van der Waals surface area contributed by atoms with Gasteiger partial charge in [-0.3, -0.25) is 9.69 Å². The molecule has 1 saturated heterocycles. The molecule has 0 saturated carbocycles. The van der Waals surface area contributed by atoms with Gasteiger partial charge in [0.05, 0.1) is 12.6 Å². The monoisotopic (exact) mass is 320 g/mol. The molecule has 0 aromatic rings. The van der Waals surface area contributed by atoms with Crippen molar-refractivity contribution in [3.05, 3.63) is 0 Å². The van der Waals surface area contributed by atoms with E-state index in [1.54, 1.807) is 4.90 Å². The normalized spacial score (nSPS) is 17.9. The van der Waals surface area contributed by atoms with Crippen molar-refractivity contribution in [3.63, 3.8) is 0 Å². The average molecular weight is 320 g/mol. The number of nitrogens with zero attached hydrogens (tertiary/aromatic N) is 1. The van der Waals surface area contributed by atoms with Crippen LogP contribution < -0.4 is 5.32 Å². The molecule has 0 radical (unpaired) electrons. The van der Waals surface area contributed by atoms with Crippen LogP contribution in [0.25, 0.3) is 0 Å². The van der Waals surface area contributed by atoms with Crippen molar-refractivity contribution < 1.29 is 18.3 Å². The molecular formula is C16H30F2N2O2. The first kappa shape index (κ1) is 19.3. The Balaban J connectivity index is 2.22. The van der Waals surface area contributed by atoms with Crippen LogP contribution >= 0.6 is 0 Å². The second kappa shape index (κ2) is 9.40. The lowest BCUT2D eigenvalue weighted by Crippen LogP contribution is -2.47. The highest BCUT2D eigenvalue weighted by Crippen LogP contribution is 2.24. The van der Waals surface area contributed by atoms with Gasteiger partial charge in [0.2, 0.25) is 5.91 Å². The van der Waals surface area contributed by atoms with Crippen molar-refractivity contribution in [1.82, 2.24) is 10.2 Å². The molecule has 6 heteroatoms. The summed E-state index contributed by atoms with van der Waals surface area (Å²) >= 11 is 0. The van der Waals surface area contributed by atoms with Crippen LogP contribution in [-0.4, -0.2) is 55.1 Å². The molecule has 130 valence electrons. The molecule has 0 spiro atoms. The number of halogens is 2. The van der Waals surface area contributed by atoms with Gasteiger partial charge in [-0.05, 0) is 33.1 Å². The van der Waals surface area contributed by atoms with Crippen LogP contribution in [0.3, 0.4) is 0 Å². The van der Waals surface area contributed by atoms with E-state index in [4.69, 9.17) is 4.74 Å². The van der Waals surface area contributed by atoms with Gasteiger partial charge in [-0.2, -0.15) is 0 Å². The van der Waals surface area contributed by atoms with Gasteiger partial charge in [0.25, 0.3) is 5.92 Å². The van der Waals surface area contributed by atoms with Crippen LogP contribution in [-0.2, 0) is 9.53 Å². The molecule has 1 aliphatic heterocycles. The second-order valence-corrected chi connectivity index (χ2v) is 6.35. The number of amides is 1. The number of likely N-dealkylation sites (tertiary alicyclic amines) is 1. The quantitative estimate of drug-likeness (QED) is 0.664. The van der Waals surface area contributed by atoms with E-state index in [1.807, 2.05) is 20.8 Å². The number of hydrogen-bond acceptors (Lipinski definition) is 3. The number of carbonyl (C=O) groups excluding carboxylic acids is 1. The van der Waals surface area contributed by atoms with E-state index in [0.29, 0.717) is 32.5 Å². The summed E-state index contributed by atoms with van der Waals surface area (Å²) in [5, 5.41) is 2.93. The van der Waals surface area contributed by atoms with E-state index < -0.39 is 5.92 Å². The Kier molecular flexibility index (Phi) is 8.25. The third-order valence-corrected chi connectivity index (χ3v) is 3.87. The number of piperidine rings is 1. The fourth-order valence-corrected chi connectivity index (χ4v) is 2.62. The minimum Gasteiger partial charge on any atom is -0.379 e. The molecule has 0 bridgehead atoms.